The molecule has 1 aromatic rings. The van der Waals surface area contributed by atoms with Gasteiger partial charge in [-0.05, 0) is 25.0 Å². The molecule has 0 radical (unpaired) electrons. The Bertz CT molecular complexity index is 464. The fraction of sp³-hybridized carbons (Fsp3) is 0.533. The Balaban J connectivity index is 2.00. The fourth-order valence-electron chi connectivity index (χ4n) is 2.61. The number of nitrogens with two attached hydrogens (primary N) is 1. The Morgan fingerprint density at radius 2 is 2.30 bits per heavy atom. The summed E-state index contributed by atoms with van der Waals surface area (Å²) in [5.74, 6) is 0.0137. The van der Waals surface area contributed by atoms with Crippen molar-refractivity contribution in [1.82, 2.24) is 5.32 Å². The number of carbonyl (C=O) groups is 1. The van der Waals surface area contributed by atoms with Gasteiger partial charge in [0, 0.05) is 31.4 Å². The molecule has 0 saturated heterocycles. The molecule has 5 nitrogen and oxygen atoms in total. The van der Waals surface area contributed by atoms with Crippen molar-refractivity contribution in [2.24, 2.45) is 5.73 Å². The Morgan fingerprint density at radius 1 is 1.55 bits per heavy atom. The summed E-state index contributed by atoms with van der Waals surface area (Å²) in [6.45, 7) is 3.62. The summed E-state index contributed by atoms with van der Waals surface area (Å²) in [5.41, 5.74) is 8.31. The number of methoxy groups -OCH3 is 1. The van der Waals surface area contributed by atoms with Crippen LogP contribution in [0.25, 0.3) is 0 Å². The smallest absolute Gasteiger partial charge is 0.239 e. The number of carbonyl (C=O) groups excluding carboxylic acids is 1. The molecule has 1 aromatic carbocycles. The van der Waals surface area contributed by atoms with Gasteiger partial charge in [0.1, 0.15) is 0 Å². The van der Waals surface area contributed by atoms with E-state index in [9.17, 15) is 4.79 Å². The van der Waals surface area contributed by atoms with Gasteiger partial charge in [-0.15, -0.1) is 0 Å². The number of fused-ring (bicyclic) bond motifs is 1. The van der Waals surface area contributed by atoms with Crippen LogP contribution in [0, 0.1) is 0 Å². The number of hydrogen-bond donors (Lipinski definition) is 2. The molecule has 0 saturated carbocycles. The van der Waals surface area contributed by atoms with Crippen LogP contribution in [0.1, 0.15) is 24.9 Å². The Morgan fingerprint density at radius 3 is 3.05 bits per heavy atom. The van der Waals surface area contributed by atoms with Gasteiger partial charge < -0.3 is 20.7 Å². The van der Waals surface area contributed by atoms with Gasteiger partial charge in [-0.25, -0.2) is 0 Å². The number of anilines is 1. The van der Waals surface area contributed by atoms with Crippen LogP contribution in [-0.4, -0.2) is 38.8 Å². The maximum atomic E-state index is 12.0. The molecule has 0 aromatic heterocycles. The fourth-order valence-corrected chi connectivity index (χ4v) is 2.61. The molecule has 0 bridgehead atoms. The van der Waals surface area contributed by atoms with Crippen LogP contribution >= 0.6 is 0 Å². The van der Waals surface area contributed by atoms with Gasteiger partial charge >= 0.3 is 0 Å². The van der Waals surface area contributed by atoms with Crippen LogP contribution in [0.3, 0.4) is 0 Å². The standard InChI is InChI=1S/C15H23N3O2/c1-11(10-20-2)17-15(19)9-18-8-7-13(16)12-5-3-4-6-14(12)18/h3-6,11,13H,7-10,16H2,1-2H3,(H,17,19). The van der Waals surface area contributed by atoms with E-state index in [1.54, 1.807) is 7.11 Å². The first-order chi connectivity index (χ1) is 9.61. The van der Waals surface area contributed by atoms with E-state index in [1.807, 2.05) is 31.2 Å². The van der Waals surface area contributed by atoms with Crippen molar-refractivity contribution in [2.75, 3.05) is 31.7 Å². The number of nitrogens with zero attached hydrogens (tertiary/aromatic N) is 1. The van der Waals surface area contributed by atoms with Crippen molar-refractivity contribution in [3.8, 4) is 0 Å². The van der Waals surface area contributed by atoms with E-state index in [0.717, 1.165) is 24.2 Å². The van der Waals surface area contributed by atoms with E-state index in [2.05, 4.69) is 10.2 Å². The normalized spacial score (nSPS) is 19.4. The van der Waals surface area contributed by atoms with Crippen LogP contribution in [0.4, 0.5) is 5.69 Å². The molecule has 110 valence electrons. The molecule has 20 heavy (non-hydrogen) atoms. The van der Waals surface area contributed by atoms with E-state index < -0.39 is 0 Å². The highest BCUT2D eigenvalue weighted by atomic mass is 16.5. The first-order valence-electron chi connectivity index (χ1n) is 6.99. The van der Waals surface area contributed by atoms with Crippen molar-refractivity contribution in [1.29, 1.82) is 0 Å². The van der Waals surface area contributed by atoms with Gasteiger partial charge in [0.25, 0.3) is 0 Å². The third kappa shape index (κ3) is 3.49. The molecule has 2 rings (SSSR count). The van der Waals surface area contributed by atoms with Crippen molar-refractivity contribution in [3.63, 3.8) is 0 Å². The van der Waals surface area contributed by atoms with Crippen LogP contribution < -0.4 is 16.0 Å². The lowest BCUT2D eigenvalue weighted by atomic mass is 9.97. The van der Waals surface area contributed by atoms with Crippen molar-refractivity contribution in [2.45, 2.75) is 25.4 Å². The average molecular weight is 277 g/mol. The lowest BCUT2D eigenvalue weighted by Crippen LogP contribution is -2.44. The molecule has 2 unspecified atom stereocenters. The molecule has 0 aliphatic carbocycles. The number of amides is 1. The van der Waals surface area contributed by atoms with E-state index in [0.29, 0.717) is 13.2 Å². The SMILES string of the molecule is COCC(C)NC(=O)CN1CCC(N)c2ccccc21. The number of rotatable bonds is 5. The number of para-hydroxylation sites is 1. The molecule has 1 heterocycles. The minimum absolute atomic E-state index is 0.0137. The predicted octanol–water partition coefficient (Wildman–Crippen LogP) is 1.05. The summed E-state index contributed by atoms with van der Waals surface area (Å²) in [4.78, 5) is 14.1. The highest BCUT2D eigenvalue weighted by Gasteiger charge is 2.23. The van der Waals surface area contributed by atoms with Crippen LogP contribution in [-0.2, 0) is 9.53 Å². The lowest BCUT2D eigenvalue weighted by Gasteiger charge is -2.34. The summed E-state index contributed by atoms with van der Waals surface area (Å²) >= 11 is 0. The molecule has 0 spiro atoms. The lowest BCUT2D eigenvalue weighted by molar-refractivity contribution is -0.120. The summed E-state index contributed by atoms with van der Waals surface area (Å²) in [5, 5.41) is 2.93. The maximum absolute atomic E-state index is 12.0. The van der Waals surface area contributed by atoms with Crippen molar-refractivity contribution < 1.29 is 9.53 Å². The second kappa shape index (κ2) is 6.72. The molecule has 0 fully saturated rings. The Kier molecular flexibility index (Phi) is 4.98. The van der Waals surface area contributed by atoms with E-state index in [1.165, 1.54) is 0 Å². The second-order valence-corrected chi connectivity index (χ2v) is 5.30. The van der Waals surface area contributed by atoms with E-state index in [-0.39, 0.29) is 18.0 Å². The van der Waals surface area contributed by atoms with E-state index >= 15 is 0 Å². The van der Waals surface area contributed by atoms with Gasteiger partial charge in [0.05, 0.1) is 13.2 Å². The summed E-state index contributed by atoms with van der Waals surface area (Å²) in [6, 6.07) is 8.13. The molecule has 1 aliphatic rings. The molecular formula is C15H23N3O2. The van der Waals surface area contributed by atoms with E-state index in [4.69, 9.17) is 10.5 Å². The first-order valence-corrected chi connectivity index (χ1v) is 6.99. The van der Waals surface area contributed by atoms with Gasteiger partial charge in [0.15, 0.2) is 0 Å². The largest absolute Gasteiger partial charge is 0.383 e. The third-order valence-electron chi connectivity index (χ3n) is 3.55. The number of benzene rings is 1. The Hall–Kier alpha value is -1.59. The average Bonchev–Trinajstić information content (AvgIpc) is 2.42. The summed E-state index contributed by atoms with van der Waals surface area (Å²) < 4.78 is 5.02. The number of nitrogens with one attached hydrogen (secondary N) is 1. The Labute approximate surface area is 120 Å². The van der Waals surface area contributed by atoms with Gasteiger partial charge in [-0.3, -0.25) is 4.79 Å². The first kappa shape index (κ1) is 14.8. The quantitative estimate of drug-likeness (QED) is 0.844. The van der Waals surface area contributed by atoms with Crippen LogP contribution in [0.15, 0.2) is 24.3 Å². The highest BCUT2D eigenvalue weighted by molar-refractivity contribution is 5.82. The highest BCUT2D eigenvalue weighted by Crippen LogP contribution is 2.31. The van der Waals surface area contributed by atoms with Crippen LogP contribution in [0.2, 0.25) is 0 Å². The predicted molar refractivity (Wildman–Crippen MR) is 79.7 cm³/mol. The number of hydrogen-bond acceptors (Lipinski definition) is 4. The minimum Gasteiger partial charge on any atom is -0.383 e. The summed E-state index contributed by atoms with van der Waals surface area (Å²) in [6.07, 6.45) is 0.873. The maximum Gasteiger partial charge on any atom is 0.239 e. The van der Waals surface area contributed by atoms with Gasteiger partial charge in [-0.1, -0.05) is 18.2 Å². The zero-order valence-corrected chi connectivity index (χ0v) is 12.1. The zero-order valence-electron chi connectivity index (χ0n) is 12.1. The topological polar surface area (TPSA) is 67.6 Å². The van der Waals surface area contributed by atoms with Crippen LogP contribution in [0.5, 0.6) is 0 Å². The monoisotopic (exact) mass is 277 g/mol. The zero-order chi connectivity index (χ0) is 14.5. The van der Waals surface area contributed by atoms with Crippen molar-refractivity contribution in [3.05, 3.63) is 29.8 Å². The third-order valence-corrected chi connectivity index (χ3v) is 3.55. The van der Waals surface area contributed by atoms with Gasteiger partial charge in [-0.2, -0.15) is 0 Å². The molecule has 2 atom stereocenters. The summed E-state index contributed by atoms with van der Waals surface area (Å²) in [7, 11) is 1.63. The second-order valence-electron chi connectivity index (χ2n) is 5.30. The molecule has 3 N–H and O–H groups in total. The minimum atomic E-state index is 0.0137. The van der Waals surface area contributed by atoms with Gasteiger partial charge in [0.2, 0.25) is 5.91 Å². The number of ether oxygens (including phenoxy) is 1. The molecule has 1 amide bonds. The molecule has 1 aliphatic heterocycles. The van der Waals surface area contributed by atoms with Crippen molar-refractivity contribution >= 4 is 11.6 Å². The molecular weight excluding hydrogens is 254 g/mol. The molecule has 5 heteroatoms.